The standard InChI is InChI=1S/C40H24N6S/c1-3-12-25(13-4-1)36-43-37(26-14-5-2-6-15-26)45-38(44-36)28-17-11-16-27(22-28)31-23-34(42-33-20-9-7-18-29(31)33)39-41-24-32-30-19-8-10-21-35(30)47-40(32)46-39/h1-24H. The fourth-order valence-corrected chi connectivity index (χ4v) is 6.97. The van der Waals surface area contributed by atoms with E-state index in [1.54, 1.807) is 11.3 Å². The van der Waals surface area contributed by atoms with E-state index in [9.17, 15) is 0 Å². The first-order valence-electron chi connectivity index (χ1n) is 15.3. The van der Waals surface area contributed by atoms with Gasteiger partial charge in [0.2, 0.25) is 0 Å². The average molecular weight is 621 g/mol. The average Bonchev–Trinajstić information content (AvgIpc) is 3.53. The minimum absolute atomic E-state index is 0.602. The zero-order valence-electron chi connectivity index (χ0n) is 24.9. The Morgan fingerprint density at radius 2 is 1.00 bits per heavy atom. The summed E-state index contributed by atoms with van der Waals surface area (Å²) in [7, 11) is 0. The van der Waals surface area contributed by atoms with Crippen LogP contribution in [0.15, 0.2) is 146 Å². The number of hydrogen-bond acceptors (Lipinski definition) is 7. The number of benzene rings is 5. The third-order valence-electron chi connectivity index (χ3n) is 8.21. The van der Waals surface area contributed by atoms with E-state index < -0.39 is 0 Å². The highest BCUT2D eigenvalue weighted by atomic mass is 32.1. The number of aromatic nitrogens is 6. The van der Waals surface area contributed by atoms with Crippen molar-refractivity contribution in [3.63, 3.8) is 0 Å². The Morgan fingerprint density at radius 1 is 0.404 bits per heavy atom. The summed E-state index contributed by atoms with van der Waals surface area (Å²) in [6, 6.07) is 47.0. The first-order chi connectivity index (χ1) is 23.3. The maximum atomic E-state index is 5.01. The Hall–Kier alpha value is -6.18. The first kappa shape index (κ1) is 27.2. The highest BCUT2D eigenvalue weighted by molar-refractivity contribution is 7.25. The number of rotatable bonds is 5. The van der Waals surface area contributed by atoms with E-state index in [2.05, 4.69) is 48.5 Å². The summed E-state index contributed by atoms with van der Waals surface area (Å²) in [4.78, 5) is 30.5. The second-order valence-corrected chi connectivity index (χ2v) is 12.2. The highest BCUT2D eigenvalue weighted by Crippen LogP contribution is 2.36. The molecule has 0 saturated carbocycles. The topological polar surface area (TPSA) is 77.3 Å². The number of hydrogen-bond donors (Lipinski definition) is 0. The van der Waals surface area contributed by atoms with Gasteiger partial charge in [-0.1, -0.05) is 115 Å². The van der Waals surface area contributed by atoms with Crippen LogP contribution in [-0.2, 0) is 0 Å². The summed E-state index contributed by atoms with van der Waals surface area (Å²) in [5.41, 5.74) is 6.42. The molecule has 0 N–H and O–H groups in total. The molecule has 9 aromatic rings. The van der Waals surface area contributed by atoms with E-state index in [0.717, 1.165) is 54.6 Å². The van der Waals surface area contributed by atoms with Crippen LogP contribution in [0.2, 0.25) is 0 Å². The molecule has 0 fully saturated rings. The van der Waals surface area contributed by atoms with E-state index in [0.29, 0.717) is 23.3 Å². The second-order valence-electron chi connectivity index (χ2n) is 11.2. The Balaban J connectivity index is 1.19. The van der Waals surface area contributed by atoms with Crippen LogP contribution in [-0.4, -0.2) is 29.9 Å². The molecule has 7 heteroatoms. The van der Waals surface area contributed by atoms with E-state index >= 15 is 0 Å². The predicted octanol–water partition coefficient (Wildman–Crippen LogP) is 9.91. The molecule has 0 amide bonds. The molecule has 4 heterocycles. The van der Waals surface area contributed by atoms with E-state index in [1.807, 2.05) is 97.2 Å². The fraction of sp³-hybridized carbons (Fsp3) is 0. The molecule has 9 rings (SSSR count). The van der Waals surface area contributed by atoms with E-state index in [-0.39, 0.29) is 0 Å². The number of pyridine rings is 1. The quantitative estimate of drug-likeness (QED) is 0.191. The molecule has 47 heavy (non-hydrogen) atoms. The van der Waals surface area contributed by atoms with Gasteiger partial charge in [-0.2, -0.15) is 0 Å². The smallest absolute Gasteiger partial charge is 0.179 e. The van der Waals surface area contributed by atoms with Crippen molar-refractivity contribution in [1.82, 2.24) is 29.9 Å². The van der Waals surface area contributed by atoms with Crippen molar-refractivity contribution in [2.45, 2.75) is 0 Å². The number of para-hydroxylation sites is 1. The first-order valence-corrected chi connectivity index (χ1v) is 16.1. The van der Waals surface area contributed by atoms with Gasteiger partial charge in [-0.3, -0.25) is 0 Å². The largest absolute Gasteiger partial charge is 0.244 e. The van der Waals surface area contributed by atoms with Crippen LogP contribution in [0.25, 0.3) is 88.0 Å². The Morgan fingerprint density at radius 3 is 1.74 bits per heavy atom. The number of thiophene rings is 1. The Kier molecular flexibility index (Phi) is 6.54. The van der Waals surface area contributed by atoms with Crippen molar-refractivity contribution >= 4 is 42.5 Å². The van der Waals surface area contributed by atoms with Crippen molar-refractivity contribution in [3.8, 4) is 56.8 Å². The molecule has 220 valence electrons. The van der Waals surface area contributed by atoms with Crippen LogP contribution in [0.5, 0.6) is 0 Å². The normalized spacial score (nSPS) is 11.4. The van der Waals surface area contributed by atoms with Gasteiger partial charge >= 0.3 is 0 Å². The molecule has 0 saturated heterocycles. The molecule has 0 aliphatic carbocycles. The molecular weight excluding hydrogens is 597 g/mol. The van der Waals surface area contributed by atoms with Crippen LogP contribution < -0.4 is 0 Å². The molecule has 0 bridgehead atoms. The molecular formula is C40H24N6S. The molecule has 0 aliphatic heterocycles. The third-order valence-corrected chi connectivity index (χ3v) is 9.29. The van der Waals surface area contributed by atoms with Gasteiger partial charge in [0, 0.05) is 43.7 Å². The van der Waals surface area contributed by atoms with Crippen LogP contribution in [0.4, 0.5) is 0 Å². The minimum Gasteiger partial charge on any atom is -0.244 e. The lowest BCUT2D eigenvalue weighted by Gasteiger charge is -2.12. The molecule has 0 radical (unpaired) electrons. The van der Waals surface area contributed by atoms with Gasteiger partial charge in [-0.05, 0) is 35.4 Å². The van der Waals surface area contributed by atoms with Crippen molar-refractivity contribution < 1.29 is 0 Å². The van der Waals surface area contributed by atoms with Gasteiger partial charge in [0.25, 0.3) is 0 Å². The van der Waals surface area contributed by atoms with E-state index in [4.69, 9.17) is 29.9 Å². The molecule has 0 aliphatic rings. The maximum absolute atomic E-state index is 5.01. The zero-order chi connectivity index (χ0) is 31.2. The SMILES string of the molecule is c1ccc(-c2nc(-c3ccccc3)nc(-c3cccc(-c4cc(-c5ncc6c(n5)sc5ccccc56)nc5ccccc45)c3)n2)cc1. The third kappa shape index (κ3) is 4.99. The monoisotopic (exact) mass is 620 g/mol. The lowest BCUT2D eigenvalue weighted by atomic mass is 9.98. The molecule has 5 aromatic carbocycles. The summed E-state index contributed by atoms with van der Waals surface area (Å²) in [5.74, 6) is 2.47. The molecule has 0 spiro atoms. The van der Waals surface area contributed by atoms with Crippen LogP contribution in [0.1, 0.15) is 0 Å². The molecule has 0 atom stereocenters. The lowest BCUT2D eigenvalue weighted by Crippen LogP contribution is -2.00. The van der Waals surface area contributed by atoms with Crippen LogP contribution in [0.3, 0.4) is 0 Å². The van der Waals surface area contributed by atoms with Gasteiger partial charge in [-0.25, -0.2) is 29.9 Å². The van der Waals surface area contributed by atoms with Gasteiger partial charge in [0.05, 0.1) is 5.52 Å². The Bertz CT molecular complexity index is 2520. The predicted molar refractivity (Wildman–Crippen MR) is 191 cm³/mol. The van der Waals surface area contributed by atoms with Crippen molar-refractivity contribution in [2.75, 3.05) is 0 Å². The van der Waals surface area contributed by atoms with Gasteiger partial charge in [0.15, 0.2) is 23.3 Å². The second kappa shape index (κ2) is 11.3. The van der Waals surface area contributed by atoms with Crippen molar-refractivity contribution in [2.24, 2.45) is 0 Å². The number of fused-ring (bicyclic) bond motifs is 4. The zero-order valence-corrected chi connectivity index (χ0v) is 25.8. The van der Waals surface area contributed by atoms with Gasteiger partial charge < -0.3 is 0 Å². The summed E-state index contributed by atoms with van der Waals surface area (Å²) in [6.07, 6.45) is 1.92. The summed E-state index contributed by atoms with van der Waals surface area (Å²) in [5, 5.41) is 3.28. The minimum atomic E-state index is 0.602. The van der Waals surface area contributed by atoms with Gasteiger partial charge in [0.1, 0.15) is 10.5 Å². The molecule has 6 nitrogen and oxygen atoms in total. The summed E-state index contributed by atoms with van der Waals surface area (Å²) in [6.45, 7) is 0. The van der Waals surface area contributed by atoms with Crippen molar-refractivity contribution in [3.05, 3.63) is 146 Å². The summed E-state index contributed by atoms with van der Waals surface area (Å²) < 4.78 is 1.20. The number of nitrogens with zero attached hydrogens (tertiary/aromatic N) is 6. The molecule has 0 unspecified atom stereocenters. The molecule has 4 aromatic heterocycles. The maximum Gasteiger partial charge on any atom is 0.179 e. The van der Waals surface area contributed by atoms with Crippen LogP contribution >= 0.6 is 11.3 Å². The Labute approximate surface area is 274 Å². The van der Waals surface area contributed by atoms with Crippen LogP contribution in [0, 0.1) is 0 Å². The van der Waals surface area contributed by atoms with Gasteiger partial charge in [-0.15, -0.1) is 11.3 Å². The van der Waals surface area contributed by atoms with E-state index in [1.165, 1.54) is 10.1 Å². The van der Waals surface area contributed by atoms with Crippen molar-refractivity contribution in [1.29, 1.82) is 0 Å². The highest BCUT2D eigenvalue weighted by Gasteiger charge is 2.16. The summed E-state index contributed by atoms with van der Waals surface area (Å²) >= 11 is 1.68. The fourth-order valence-electron chi connectivity index (χ4n) is 5.93. The lowest BCUT2D eigenvalue weighted by molar-refractivity contribution is 1.07.